The van der Waals surface area contributed by atoms with Crippen LogP contribution in [0, 0.1) is 10.8 Å². The number of carbonyl (C=O) groups is 1. The van der Waals surface area contributed by atoms with Crippen LogP contribution in [0.15, 0.2) is 0 Å². The Balaban J connectivity index is 1.99. The van der Waals surface area contributed by atoms with Crippen LogP contribution in [0.3, 0.4) is 0 Å². The lowest BCUT2D eigenvalue weighted by Gasteiger charge is -2.52. The summed E-state index contributed by atoms with van der Waals surface area (Å²) >= 11 is 0. The third-order valence-corrected chi connectivity index (χ3v) is 4.19. The first-order valence-electron chi connectivity index (χ1n) is 6.04. The fourth-order valence-corrected chi connectivity index (χ4v) is 3.52. The maximum absolute atomic E-state index is 11.8. The lowest BCUT2D eigenvalue weighted by molar-refractivity contribution is -0.170. The average molecular weight is 211 g/mol. The van der Waals surface area contributed by atoms with E-state index in [1.54, 1.807) is 0 Å². The molecular formula is C12H21NO2. The van der Waals surface area contributed by atoms with Crippen LogP contribution >= 0.6 is 0 Å². The van der Waals surface area contributed by atoms with Crippen molar-refractivity contribution < 1.29 is 9.53 Å². The first-order valence-corrected chi connectivity index (χ1v) is 6.04. The van der Waals surface area contributed by atoms with Crippen LogP contribution in [-0.4, -0.2) is 19.1 Å². The largest absolute Gasteiger partial charge is 0.466 e. The Morgan fingerprint density at radius 1 is 1.33 bits per heavy atom. The molecular weight excluding hydrogens is 190 g/mol. The van der Waals surface area contributed by atoms with Gasteiger partial charge < -0.3 is 10.5 Å². The van der Waals surface area contributed by atoms with Crippen LogP contribution in [0.25, 0.3) is 0 Å². The molecule has 2 saturated carbocycles. The molecule has 3 nitrogen and oxygen atoms in total. The van der Waals surface area contributed by atoms with Gasteiger partial charge in [-0.15, -0.1) is 0 Å². The van der Waals surface area contributed by atoms with Crippen molar-refractivity contribution >= 4 is 5.97 Å². The van der Waals surface area contributed by atoms with Crippen LogP contribution in [0.5, 0.6) is 0 Å². The molecule has 0 aromatic rings. The molecule has 1 spiro atoms. The zero-order valence-electron chi connectivity index (χ0n) is 9.55. The van der Waals surface area contributed by atoms with E-state index in [1.807, 2.05) is 6.92 Å². The maximum Gasteiger partial charge on any atom is 0.313 e. The second-order valence-electron chi connectivity index (χ2n) is 5.27. The minimum Gasteiger partial charge on any atom is -0.466 e. The standard InChI is InChI=1S/C12H21NO2/c1-2-15-10(14)12(9-13)7-11(8-12)5-3-4-6-11/h2-9,13H2,1H3. The van der Waals surface area contributed by atoms with Gasteiger partial charge in [0.2, 0.25) is 0 Å². The molecule has 0 aromatic heterocycles. The summed E-state index contributed by atoms with van der Waals surface area (Å²) in [5.41, 5.74) is 5.87. The van der Waals surface area contributed by atoms with Gasteiger partial charge in [-0.25, -0.2) is 0 Å². The fourth-order valence-electron chi connectivity index (χ4n) is 3.52. The minimum atomic E-state index is -0.333. The fraction of sp³-hybridized carbons (Fsp3) is 0.917. The predicted molar refractivity (Wildman–Crippen MR) is 58.3 cm³/mol. The van der Waals surface area contributed by atoms with Crippen LogP contribution in [0.4, 0.5) is 0 Å². The normalized spacial score (nSPS) is 26.3. The highest BCUT2D eigenvalue weighted by atomic mass is 16.5. The molecule has 3 heteroatoms. The Bertz CT molecular complexity index is 248. The topological polar surface area (TPSA) is 52.3 Å². The third-order valence-electron chi connectivity index (χ3n) is 4.19. The second kappa shape index (κ2) is 3.78. The molecule has 2 fully saturated rings. The molecule has 15 heavy (non-hydrogen) atoms. The van der Waals surface area contributed by atoms with E-state index in [-0.39, 0.29) is 11.4 Å². The van der Waals surface area contributed by atoms with Gasteiger partial charge >= 0.3 is 5.97 Å². The number of hydrogen-bond donors (Lipinski definition) is 1. The first-order chi connectivity index (χ1) is 7.16. The molecule has 0 aromatic carbocycles. The van der Waals surface area contributed by atoms with Gasteiger partial charge in [0.15, 0.2) is 0 Å². The molecule has 0 radical (unpaired) electrons. The molecule has 86 valence electrons. The summed E-state index contributed by atoms with van der Waals surface area (Å²) in [5, 5.41) is 0. The van der Waals surface area contributed by atoms with E-state index >= 15 is 0 Å². The van der Waals surface area contributed by atoms with E-state index in [0.29, 0.717) is 18.6 Å². The average Bonchev–Trinajstić information content (AvgIpc) is 2.63. The van der Waals surface area contributed by atoms with Crippen molar-refractivity contribution in [2.75, 3.05) is 13.2 Å². The Morgan fingerprint density at radius 3 is 2.40 bits per heavy atom. The monoisotopic (exact) mass is 211 g/mol. The van der Waals surface area contributed by atoms with Crippen molar-refractivity contribution in [2.45, 2.75) is 45.4 Å². The van der Waals surface area contributed by atoms with Gasteiger partial charge in [-0.2, -0.15) is 0 Å². The predicted octanol–water partition coefficient (Wildman–Crippen LogP) is 1.85. The van der Waals surface area contributed by atoms with Crippen molar-refractivity contribution in [3.63, 3.8) is 0 Å². The van der Waals surface area contributed by atoms with Crippen molar-refractivity contribution in [3.05, 3.63) is 0 Å². The lowest BCUT2D eigenvalue weighted by Crippen LogP contribution is -2.54. The van der Waals surface area contributed by atoms with Gasteiger partial charge in [-0.3, -0.25) is 4.79 Å². The highest BCUT2D eigenvalue weighted by molar-refractivity contribution is 5.78. The second-order valence-corrected chi connectivity index (χ2v) is 5.27. The van der Waals surface area contributed by atoms with Gasteiger partial charge in [0, 0.05) is 6.54 Å². The molecule has 0 aliphatic heterocycles. The number of esters is 1. The van der Waals surface area contributed by atoms with Gasteiger partial charge in [-0.05, 0) is 38.0 Å². The van der Waals surface area contributed by atoms with Crippen LogP contribution in [-0.2, 0) is 9.53 Å². The summed E-state index contributed by atoms with van der Waals surface area (Å²) in [6.07, 6.45) is 7.15. The molecule has 0 heterocycles. The van der Waals surface area contributed by atoms with Gasteiger partial charge in [0.1, 0.15) is 0 Å². The van der Waals surface area contributed by atoms with E-state index in [2.05, 4.69) is 0 Å². The summed E-state index contributed by atoms with van der Waals surface area (Å²) in [6, 6.07) is 0. The van der Waals surface area contributed by atoms with Crippen LogP contribution < -0.4 is 5.73 Å². The van der Waals surface area contributed by atoms with Crippen molar-refractivity contribution in [1.82, 2.24) is 0 Å². The molecule has 0 unspecified atom stereocenters. The Hall–Kier alpha value is -0.570. The Kier molecular flexibility index (Phi) is 2.75. The molecule has 2 N–H and O–H groups in total. The lowest BCUT2D eigenvalue weighted by atomic mass is 9.52. The smallest absolute Gasteiger partial charge is 0.313 e. The zero-order valence-corrected chi connectivity index (χ0v) is 9.55. The van der Waals surface area contributed by atoms with E-state index in [9.17, 15) is 4.79 Å². The van der Waals surface area contributed by atoms with Crippen molar-refractivity contribution in [1.29, 1.82) is 0 Å². The van der Waals surface area contributed by atoms with Crippen LogP contribution in [0.1, 0.15) is 45.4 Å². The highest BCUT2D eigenvalue weighted by Gasteiger charge is 2.59. The maximum atomic E-state index is 11.8. The number of hydrogen-bond acceptors (Lipinski definition) is 3. The third kappa shape index (κ3) is 1.67. The Morgan fingerprint density at radius 2 is 1.93 bits per heavy atom. The van der Waals surface area contributed by atoms with Crippen molar-refractivity contribution in [2.24, 2.45) is 16.6 Å². The Labute approximate surface area is 91.4 Å². The zero-order chi connectivity index (χ0) is 10.9. The SMILES string of the molecule is CCOC(=O)C1(CN)CC2(CCCC2)C1. The quantitative estimate of drug-likeness (QED) is 0.725. The van der Waals surface area contributed by atoms with E-state index in [4.69, 9.17) is 10.5 Å². The molecule has 0 saturated heterocycles. The summed E-state index contributed by atoms with van der Waals surface area (Å²) in [4.78, 5) is 11.8. The molecule has 2 aliphatic rings. The van der Waals surface area contributed by atoms with Gasteiger partial charge in [-0.1, -0.05) is 12.8 Å². The summed E-state index contributed by atoms with van der Waals surface area (Å²) in [7, 11) is 0. The van der Waals surface area contributed by atoms with Gasteiger partial charge in [0.05, 0.1) is 12.0 Å². The van der Waals surface area contributed by atoms with Crippen molar-refractivity contribution in [3.8, 4) is 0 Å². The molecule has 2 rings (SSSR count). The minimum absolute atomic E-state index is 0.0648. The summed E-state index contributed by atoms with van der Waals surface area (Å²) in [6.45, 7) is 2.77. The van der Waals surface area contributed by atoms with Gasteiger partial charge in [0.25, 0.3) is 0 Å². The number of ether oxygens (including phenoxy) is 1. The molecule has 0 bridgehead atoms. The molecule has 0 amide bonds. The van der Waals surface area contributed by atoms with E-state index in [0.717, 1.165) is 12.8 Å². The summed E-state index contributed by atoms with van der Waals surface area (Å²) in [5.74, 6) is -0.0648. The number of carbonyl (C=O) groups excluding carboxylic acids is 1. The highest BCUT2D eigenvalue weighted by Crippen LogP contribution is 2.62. The van der Waals surface area contributed by atoms with E-state index in [1.165, 1.54) is 25.7 Å². The molecule has 0 atom stereocenters. The first kappa shape index (κ1) is 10.9. The van der Waals surface area contributed by atoms with E-state index < -0.39 is 0 Å². The van der Waals surface area contributed by atoms with Crippen LogP contribution in [0.2, 0.25) is 0 Å². The molecule has 2 aliphatic carbocycles. The number of rotatable bonds is 3. The summed E-state index contributed by atoms with van der Waals surface area (Å²) < 4.78 is 5.12. The number of nitrogens with two attached hydrogens (primary N) is 1.